The number of para-hydroxylation sites is 1. The van der Waals surface area contributed by atoms with Crippen molar-refractivity contribution in [1.82, 2.24) is 20.6 Å². The average Bonchev–Trinajstić information content (AvgIpc) is 3.40. The van der Waals surface area contributed by atoms with E-state index in [1.165, 1.54) is 7.11 Å². The summed E-state index contributed by atoms with van der Waals surface area (Å²) in [5, 5.41) is 8.44. The molecule has 0 saturated carbocycles. The maximum absolute atomic E-state index is 14.4. The summed E-state index contributed by atoms with van der Waals surface area (Å²) in [5.41, 5.74) is 1.58. The minimum absolute atomic E-state index is 0.0383. The first kappa shape index (κ1) is 33.6. The molecule has 4 heterocycles. The van der Waals surface area contributed by atoms with E-state index in [-0.39, 0.29) is 29.7 Å². The van der Waals surface area contributed by atoms with Gasteiger partial charge in [0.05, 0.1) is 18.7 Å². The van der Waals surface area contributed by atoms with Crippen LogP contribution in [0.25, 0.3) is 0 Å². The molecule has 2 saturated heterocycles. The number of amides is 4. The van der Waals surface area contributed by atoms with Gasteiger partial charge in [0, 0.05) is 19.4 Å². The van der Waals surface area contributed by atoms with Crippen molar-refractivity contribution < 1.29 is 33.6 Å². The Morgan fingerprint density at radius 1 is 1.04 bits per heavy atom. The number of fused-ring (bicyclic) bond motifs is 5. The number of unbranched alkanes of at least 4 members (excludes halogenated alkanes) is 2. The molecule has 1 aromatic rings. The molecule has 3 unspecified atom stereocenters. The Kier molecular flexibility index (Phi) is 10.8. The predicted octanol–water partition coefficient (Wildman–Crippen LogP) is 3.48. The molecule has 4 amide bonds. The number of Topliss-reactive ketones (excluding diaryl/α,β-unsaturated/α-hetero) is 1. The van der Waals surface area contributed by atoms with Crippen LogP contribution in [0.5, 0.6) is 0 Å². The van der Waals surface area contributed by atoms with Crippen LogP contribution in [0.2, 0.25) is 0 Å². The van der Waals surface area contributed by atoms with Gasteiger partial charge in [-0.2, -0.15) is 5.06 Å². The van der Waals surface area contributed by atoms with Gasteiger partial charge in [0.1, 0.15) is 29.6 Å². The normalized spacial score (nSPS) is 27.3. The lowest BCUT2D eigenvalue weighted by Gasteiger charge is -2.41. The number of hydrogen-bond acceptors (Lipinski definition) is 8. The van der Waals surface area contributed by atoms with Crippen molar-refractivity contribution in [2.45, 2.75) is 115 Å². The third-order valence-corrected chi connectivity index (χ3v) is 9.78. The first-order valence-electron chi connectivity index (χ1n) is 16.8. The fraction of sp³-hybridized carbons (Fsp3) is 0.618. The zero-order valence-corrected chi connectivity index (χ0v) is 27.3. The van der Waals surface area contributed by atoms with Gasteiger partial charge in [-0.3, -0.25) is 28.8 Å². The summed E-state index contributed by atoms with van der Waals surface area (Å²) in [6.45, 7) is 6.08. The third kappa shape index (κ3) is 6.69. The average molecular weight is 638 g/mol. The molecule has 1 aromatic carbocycles. The summed E-state index contributed by atoms with van der Waals surface area (Å²) in [4.78, 5) is 82.0. The van der Waals surface area contributed by atoms with Crippen molar-refractivity contribution >= 4 is 35.1 Å². The van der Waals surface area contributed by atoms with E-state index in [1.807, 2.05) is 45.0 Å². The quantitative estimate of drug-likeness (QED) is 0.372. The van der Waals surface area contributed by atoms with Crippen LogP contribution in [-0.2, 0) is 33.6 Å². The number of benzene rings is 1. The monoisotopic (exact) mass is 637 g/mol. The molecule has 4 aliphatic rings. The molecule has 0 aliphatic carbocycles. The van der Waals surface area contributed by atoms with Crippen molar-refractivity contribution in [1.29, 1.82) is 0 Å². The number of piperidine rings is 1. The van der Waals surface area contributed by atoms with Crippen molar-refractivity contribution in [3.05, 3.63) is 41.6 Å². The molecular formula is C34H47N5O7. The largest absolute Gasteiger partial charge is 0.342 e. The lowest BCUT2D eigenvalue weighted by atomic mass is 9.93. The van der Waals surface area contributed by atoms with E-state index in [4.69, 9.17) is 9.68 Å². The number of nitrogens with zero attached hydrogens (tertiary/aromatic N) is 3. The van der Waals surface area contributed by atoms with Crippen molar-refractivity contribution in [3.8, 4) is 0 Å². The van der Waals surface area contributed by atoms with Gasteiger partial charge in [-0.15, -0.1) is 0 Å². The van der Waals surface area contributed by atoms with E-state index >= 15 is 0 Å². The van der Waals surface area contributed by atoms with Gasteiger partial charge in [0.25, 0.3) is 11.8 Å². The maximum Gasteiger partial charge on any atom is 0.273 e. The van der Waals surface area contributed by atoms with Crippen LogP contribution in [0.15, 0.2) is 36.0 Å². The molecule has 0 aromatic heterocycles. The molecule has 250 valence electrons. The Hall–Kier alpha value is -3.77. The van der Waals surface area contributed by atoms with E-state index in [0.29, 0.717) is 51.5 Å². The van der Waals surface area contributed by atoms with Crippen LogP contribution < -0.4 is 15.7 Å². The highest BCUT2D eigenvalue weighted by molar-refractivity contribution is 6.02. The molecule has 46 heavy (non-hydrogen) atoms. The van der Waals surface area contributed by atoms with Crippen molar-refractivity contribution in [2.75, 3.05) is 18.7 Å². The highest BCUT2D eigenvalue weighted by Crippen LogP contribution is 2.45. The van der Waals surface area contributed by atoms with Crippen LogP contribution in [0, 0.1) is 5.92 Å². The van der Waals surface area contributed by atoms with Gasteiger partial charge in [-0.25, -0.2) is 9.90 Å². The second-order valence-electron chi connectivity index (χ2n) is 12.7. The smallest absolute Gasteiger partial charge is 0.273 e. The van der Waals surface area contributed by atoms with E-state index in [9.17, 15) is 24.0 Å². The van der Waals surface area contributed by atoms with E-state index < -0.39 is 48.0 Å². The summed E-state index contributed by atoms with van der Waals surface area (Å²) in [6.07, 6.45) is 6.69. The SMILES string of the molecule is CCC(=O)CCCCC[C@@H]1NC(=O)[C@H]2CCCCN2C(=O)[C@H](C(C)CC)NC(=O)C2=CC3c4ccccc4N(OC)C3ON2C1=O. The zero-order valence-electron chi connectivity index (χ0n) is 27.3. The summed E-state index contributed by atoms with van der Waals surface area (Å²) in [5.74, 6) is -2.36. The summed E-state index contributed by atoms with van der Waals surface area (Å²) < 4.78 is 0. The first-order valence-corrected chi connectivity index (χ1v) is 16.8. The maximum atomic E-state index is 14.4. The predicted molar refractivity (Wildman–Crippen MR) is 170 cm³/mol. The van der Waals surface area contributed by atoms with Crippen LogP contribution in [-0.4, -0.2) is 77.4 Å². The number of hydroxylamine groups is 3. The van der Waals surface area contributed by atoms with Crippen LogP contribution in [0.4, 0.5) is 5.69 Å². The highest BCUT2D eigenvalue weighted by atomic mass is 16.8. The van der Waals surface area contributed by atoms with Gasteiger partial charge in [-0.1, -0.05) is 58.2 Å². The highest BCUT2D eigenvalue weighted by Gasteiger charge is 2.49. The number of nitrogens with one attached hydrogen (secondary N) is 2. The number of carbonyl (C=O) groups excluding carboxylic acids is 5. The molecule has 0 bridgehead atoms. The first-order chi connectivity index (χ1) is 22.2. The Balaban J connectivity index is 1.53. The van der Waals surface area contributed by atoms with Gasteiger partial charge < -0.3 is 15.5 Å². The summed E-state index contributed by atoms with van der Waals surface area (Å²) in [6, 6.07) is 4.89. The number of hydrogen-bond donors (Lipinski definition) is 2. The Labute approximate surface area is 270 Å². The molecule has 4 aliphatic heterocycles. The molecule has 12 nitrogen and oxygen atoms in total. The fourth-order valence-corrected chi connectivity index (χ4v) is 6.87. The third-order valence-electron chi connectivity index (χ3n) is 9.78. The summed E-state index contributed by atoms with van der Waals surface area (Å²) >= 11 is 0. The number of anilines is 1. The molecule has 2 N–H and O–H groups in total. The number of carbonyl (C=O) groups is 5. The van der Waals surface area contributed by atoms with E-state index in [1.54, 1.807) is 16.0 Å². The second-order valence-corrected chi connectivity index (χ2v) is 12.7. The van der Waals surface area contributed by atoms with Gasteiger partial charge in [0.2, 0.25) is 11.8 Å². The standard InChI is InChI=1S/C34H47N5O7/c1-5-21(3)29-33(44)37-19-13-12-18-27(37)30(41)35-25(16-9-7-8-14-22(40)6-2)32(43)38-28(31(42)36-29)20-24-23-15-10-11-17-26(23)39(45-4)34(24)46-38/h10-11,15,17,20-21,24-25,27,29,34H,5-9,12-14,16,18-19H2,1-4H3,(H,35,41)(H,36,42)/t21?,24?,25-,27+,29-,34?/m0/s1. The van der Waals surface area contributed by atoms with Crippen LogP contribution in [0.3, 0.4) is 0 Å². The van der Waals surface area contributed by atoms with Crippen molar-refractivity contribution in [2.24, 2.45) is 5.92 Å². The fourth-order valence-electron chi connectivity index (χ4n) is 6.87. The van der Waals surface area contributed by atoms with Crippen LogP contribution in [0.1, 0.15) is 96.5 Å². The minimum atomic E-state index is -1.02. The van der Waals surface area contributed by atoms with Crippen LogP contribution >= 0.6 is 0 Å². The van der Waals surface area contributed by atoms with Gasteiger partial charge >= 0.3 is 0 Å². The lowest BCUT2D eigenvalue weighted by molar-refractivity contribution is -0.212. The Bertz CT molecular complexity index is 1360. The molecule has 0 spiro atoms. The summed E-state index contributed by atoms with van der Waals surface area (Å²) in [7, 11) is 1.51. The minimum Gasteiger partial charge on any atom is -0.342 e. The molecular weight excluding hydrogens is 590 g/mol. The molecule has 5 rings (SSSR count). The Morgan fingerprint density at radius 3 is 2.57 bits per heavy atom. The second kappa shape index (κ2) is 14.8. The molecule has 6 atom stereocenters. The van der Waals surface area contributed by atoms with E-state index in [0.717, 1.165) is 29.2 Å². The van der Waals surface area contributed by atoms with Crippen molar-refractivity contribution in [3.63, 3.8) is 0 Å². The molecule has 12 heteroatoms. The number of rotatable bonds is 10. The topological polar surface area (TPSA) is 138 Å². The van der Waals surface area contributed by atoms with Gasteiger partial charge in [-0.05, 0) is 55.7 Å². The lowest BCUT2D eigenvalue weighted by Crippen LogP contribution is -2.63. The molecule has 0 radical (unpaired) electrons. The number of ketones is 1. The van der Waals surface area contributed by atoms with E-state index in [2.05, 4.69) is 10.6 Å². The van der Waals surface area contributed by atoms with Gasteiger partial charge in [0.15, 0.2) is 6.23 Å². The Morgan fingerprint density at radius 2 is 1.83 bits per heavy atom. The molecule has 2 fully saturated rings. The zero-order chi connectivity index (χ0) is 33.0.